The molecule has 0 saturated carbocycles. The van der Waals surface area contributed by atoms with Gasteiger partial charge in [-0.3, -0.25) is 14.6 Å². The molecule has 9 nitrogen and oxygen atoms in total. The highest BCUT2D eigenvalue weighted by atomic mass is 16.5. The van der Waals surface area contributed by atoms with E-state index in [0.29, 0.717) is 32.4 Å². The van der Waals surface area contributed by atoms with E-state index in [1.165, 1.54) is 11.1 Å². The van der Waals surface area contributed by atoms with Crippen LogP contribution in [0.1, 0.15) is 29.2 Å². The average molecular weight is 508 g/mol. The number of likely N-dealkylation sites (N-methyl/N-ethyl adjacent to an activating group) is 1. The first kappa shape index (κ1) is 25.7. The number of carbonyl (C=O) groups excluding carboxylic acids is 1. The number of amidine groups is 1. The lowest BCUT2D eigenvalue weighted by Gasteiger charge is -2.44. The number of nitrogens with one attached hydrogen (secondary N) is 2. The zero-order chi connectivity index (χ0) is 25.8. The van der Waals surface area contributed by atoms with E-state index in [0.717, 1.165) is 42.9 Å². The Labute approximate surface area is 218 Å². The molecule has 1 saturated heterocycles. The minimum Gasteiger partial charge on any atom is -0.460 e. The molecular formula is C28H37N5O4. The lowest BCUT2D eigenvalue weighted by molar-refractivity contribution is -0.119. The molecule has 0 aromatic heterocycles. The summed E-state index contributed by atoms with van der Waals surface area (Å²) in [6.45, 7) is 3.51. The summed E-state index contributed by atoms with van der Waals surface area (Å²) in [5.74, 6) is -0.0383. The molecule has 9 heteroatoms. The third kappa shape index (κ3) is 5.96. The third-order valence-corrected chi connectivity index (χ3v) is 7.54. The first-order valence-corrected chi connectivity index (χ1v) is 12.9. The zero-order valence-corrected chi connectivity index (χ0v) is 21.9. The molecule has 2 aliphatic heterocycles. The largest absolute Gasteiger partial charge is 0.460 e. The number of nitrogens with zero attached hydrogens (tertiary/aromatic N) is 3. The smallest absolute Gasteiger partial charge is 0.290 e. The van der Waals surface area contributed by atoms with Crippen molar-refractivity contribution in [3.05, 3.63) is 59.2 Å². The molecule has 37 heavy (non-hydrogen) atoms. The molecular weight excluding hydrogens is 470 g/mol. The van der Waals surface area contributed by atoms with Gasteiger partial charge in [0.1, 0.15) is 6.61 Å². The molecule has 1 fully saturated rings. The molecule has 2 aromatic rings. The maximum Gasteiger partial charge on any atom is 0.290 e. The summed E-state index contributed by atoms with van der Waals surface area (Å²) in [5, 5.41) is 6.37. The van der Waals surface area contributed by atoms with Gasteiger partial charge in [0.25, 0.3) is 6.02 Å². The van der Waals surface area contributed by atoms with Crippen LogP contribution in [0.4, 0.5) is 11.4 Å². The van der Waals surface area contributed by atoms with Gasteiger partial charge in [0.2, 0.25) is 5.91 Å². The average Bonchev–Trinajstić information content (AvgIpc) is 3.30. The number of aryl methyl sites for hydroxylation is 1. The molecule has 5 rings (SSSR count). The van der Waals surface area contributed by atoms with E-state index in [1.807, 2.05) is 18.2 Å². The quantitative estimate of drug-likeness (QED) is 0.568. The summed E-state index contributed by atoms with van der Waals surface area (Å²) in [4.78, 5) is 22.2. The fourth-order valence-corrected chi connectivity index (χ4v) is 5.57. The highest BCUT2D eigenvalue weighted by molar-refractivity contribution is 5.95. The number of ether oxygens (including phenoxy) is 3. The number of hydrogen-bond donors (Lipinski definition) is 2. The standard InChI is InChI=1S/C28H37N5O4/c1-32-22(17-35-2)13-33(14-23(32)18-36-3)15-27(34)29-21-9-11-25-20(12-21)16-37-28(30-25)31-26-10-8-19-6-4-5-7-24(19)26/h4-7,9,11-12,22-23,26H,8,10,13-18H2,1-3H3,(H,29,34)(H,30,31). The number of carbonyl (C=O) groups is 1. The highest BCUT2D eigenvalue weighted by Crippen LogP contribution is 2.35. The van der Waals surface area contributed by atoms with Gasteiger partial charge < -0.3 is 24.8 Å². The van der Waals surface area contributed by atoms with Crippen molar-refractivity contribution in [1.82, 2.24) is 9.80 Å². The Morgan fingerprint density at radius 2 is 1.86 bits per heavy atom. The van der Waals surface area contributed by atoms with Gasteiger partial charge in [0, 0.05) is 56.3 Å². The van der Waals surface area contributed by atoms with E-state index in [9.17, 15) is 4.79 Å². The lowest BCUT2D eigenvalue weighted by atomic mass is 10.1. The van der Waals surface area contributed by atoms with Crippen LogP contribution in [0.25, 0.3) is 0 Å². The molecule has 2 heterocycles. The van der Waals surface area contributed by atoms with Crippen molar-refractivity contribution in [3.8, 4) is 0 Å². The van der Waals surface area contributed by atoms with Crippen molar-refractivity contribution in [3.63, 3.8) is 0 Å². The van der Waals surface area contributed by atoms with Crippen molar-refractivity contribution >= 4 is 23.3 Å². The van der Waals surface area contributed by atoms with Crippen LogP contribution in [0.3, 0.4) is 0 Å². The van der Waals surface area contributed by atoms with E-state index >= 15 is 0 Å². The number of hydrogen-bond acceptors (Lipinski definition) is 7. The van der Waals surface area contributed by atoms with E-state index in [4.69, 9.17) is 19.2 Å². The van der Waals surface area contributed by atoms with Gasteiger partial charge in [-0.1, -0.05) is 24.3 Å². The van der Waals surface area contributed by atoms with Crippen LogP contribution in [0.5, 0.6) is 0 Å². The Balaban J connectivity index is 1.18. The Morgan fingerprint density at radius 3 is 2.62 bits per heavy atom. The summed E-state index contributed by atoms with van der Waals surface area (Å²) in [6, 6.07) is 15.4. The number of methoxy groups -OCH3 is 2. The molecule has 3 atom stereocenters. The third-order valence-electron chi connectivity index (χ3n) is 7.54. The van der Waals surface area contributed by atoms with Crippen LogP contribution in [0.2, 0.25) is 0 Å². The van der Waals surface area contributed by atoms with Crippen LogP contribution in [0, 0.1) is 0 Å². The minimum absolute atomic E-state index is 0.0383. The molecule has 3 unspecified atom stereocenters. The van der Waals surface area contributed by atoms with Crippen LogP contribution in [-0.2, 0) is 32.0 Å². The molecule has 0 bridgehead atoms. The van der Waals surface area contributed by atoms with Crippen LogP contribution < -0.4 is 10.6 Å². The maximum atomic E-state index is 12.9. The first-order chi connectivity index (χ1) is 18.0. The number of piperazine rings is 1. The Morgan fingerprint density at radius 1 is 1.11 bits per heavy atom. The summed E-state index contributed by atoms with van der Waals surface area (Å²) in [5.41, 5.74) is 5.36. The molecule has 2 aromatic carbocycles. The second kappa shape index (κ2) is 11.6. The Hall–Kier alpha value is -2.98. The lowest BCUT2D eigenvalue weighted by Crippen LogP contribution is -2.60. The number of rotatable bonds is 8. The molecule has 1 amide bonds. The molecule has 1 aliphatic carbocycles. The Bertz CT molecular complexity index is 1120. The van der Waals surface area contributed by atoms with E-state index in [2.05, 4.69) is 51.7 Å². The zero-order valence-electron chi connectivity index (χ0n) is 21.9. The predicted molar refractivity (Wildman–Crippen MR) is 144 cm³/mol. The molecule has 3 aliphatic rings. The monoisotopic (exact) mass is 507 g/mol. The van der Waals surface area contributed by atoms with Gasteiger partial charge in [-0.2, -0.15) is 0 Å². The van der Waals surface area contributed by atoms with Crippen molar-refractivity contribution < 1.29 is 19.0 Å². The van der Waals surface area contributed by atoms with E-state index in [-0.39, 0.29) is 24.0 Å². The number of aliphatic imine (C=N–C) groups is 1. The minimum atomic E-state index is -0.0383. The summed E-state index contributed by atoms with van der Waals surface area (Å²) >= 11 is 0. The summed E-state index contributed by atoms with van der Waals surface area (Å²) < 4.78 is 16.7. The van der Waals surface area contributed by atoms with Crippen molar-refractivity contribution in [2.45, 2.75) is 37.6 Å². The maximum absolute atomic E-state index is 12.9. The Kier molecular flexibility index (Phi) is 8.05. The van der Waals surface area contributed by atoms with Gasteiger partial charge in [0.15, 0.2) is 0 Å². The van der Waals surface area contributed by atoms with Crippen molar-refractivity contribution in [2.24, 2.45) is 4.99 Å². The molecule has 0 spiro atoms. The SMILES string of the molecule is COCC1CN(CC(=O)Nc2ccc3c(c2)COC(=NC2CCc4ccccc42)N3)CC(COC)N1C. The van der Waals surface area contributed by atoms with Gasteiger partial charge in [-0.15, -0.1) is 0 Å². The fraction of sp³-hybridized carbons (Fsp3) is 0.500. The van der Waals surface area contributed by atoms with E-state index in [1.54, 1.807) is 14.2 Å². The second-order valence-corrected chi connectivity index (χ2v) is 10.1. The van der Waals surface area contributed by atoms with Crippen molar-refractivity contribution in [2.75, 3.05) is 64.7 Å². The fourth-order valence-electron chi connectivity index (χ4n) is 5.57. The van der Waals surface area contributed by atoms with Gasteiger partial charge in [0.05, 0.1) is 25.8 Å². The van der Waals surface area contributed by atoms with Crippen LogP contribution in [-0.4, -0.2) is 87.9 Å². The van der Waals surface area contributed by atoms with Crippen LogP contribution >= 0.6 is 0 Å². The van der Waals surface area contributed by atoms with Gasteiger partial charge in [-0.05, 0) is 49.2 Å². The molecule has 198 valence electrons. The number of amides is 1. The molecule has 0 radical (unpaired) electrons. The van der Waals surface area contributed by atoms with Crippen molar-refractivity contribution in [1.29, 1.82) is 0 Å². The van der Waals surface area contributed by atoms with Crippen LogP contribution in [0.15, 0.2) is 47.5 Å². The normalized spacial score (nSPS) is 24.7. The topological polar surface area (TPSA) is 87.7 Å². The first-order valence-electron chi connectivity index (χ1n) is 12.9. The predicted octanol–water partition coefficient (Wildman–Crippen LogP) is 2.89. The number of anilines is 2. The summed E-state index contributed by atoms with van der Waals surface area (Å²) in [7, 11) is 5.51. The second-order valence-electron chi connectivity index (χ2n) is 10.1. The van der Waals surface area contributed by atoms with E-state index < -0.39 is 0 Å². The van der Waals surface area contributed by atoms with Gasteiger partial charge >= 0.3 is 0 Å². The highest BCUT2D eigenvalue weighted by Gasteiger charge is 2.32. The van der Waals surface area contributed by atoms with Gasteiger partial charge in [-0.25, -0.2) is 4.99 Å². The number of fused-ring (bicyclic) bond motifs is 2. The molecule has 2 N–H and O–H groups in total. The number of benzene rings is 2. The summed E-state index contributed by atoms with van der Waals surface area (Å²) in [6.07, 6.45) is 2.04.